The number of benzene rings is 3. The van der Waals surface area contributed by atoms with Gasteiger partial charge in [-0.3, -0.25) is 0 Å². The average molecular weight is 474 g/mol. The molecule has 3 rings (SSSR count). The Kier molecular flexibility index (Phi) is 6.03. The minimum absolute atomic E-state index is 0.0211. The zero-order valence-corrected chi connectivity index (χ0v) is 17.2. The zero-order valence-electron chi connectivity index (χ0n) is 16.4. The number of hydrogen-bond acceptors (Lipinski definition) is 3. The maximum Gasteiger partial charge on any atom is 0.411 e. The van der Waals surface area contributed by atoms with Crippen LogP contribution in [0.15, 0.2) is 83.8 Å². The second kappa shape index (κ2) is 8.16. The summed E-state index contributed by atoms with van der Waals surface area (Å²) < 4.78 is 113. The number of sulfone groups is 1. The lowest BCUT2D eigenvalue weighted by Crippen LogP contribution is -2.54. The van der Waals surface area contributed by atoms with E-state index in [-0.39, 0.29) is 16.4 Å². The van der Waals surface area contributed by atoms with Gasteiger partial charge in [-0.15, -0.1) is 0 Å². The van der Waals surface area contributed by atoms with Crippen molar-refractivity contribution in [1.29, 1.82) is 0 Å². The lowest BCUT2D eigenvalue weighted by atomic mass is 9.73. The average Bonchev–Trinajstić information content (AvgIpc) is 2.68. The Balaban J connectivity index is 2.02. The topological polar surface area (TPSA) is 43.4 Å². The molecule has 170 valence electrons. The van der Waals surface area contributed by atoms with Crippen LogP contribution in [0.25, 0.3) is 0 Å². The molecule has 0 saturated carbocycles. The van der Waals surface area contributed by atoms with E-state index in [1.807, 2.05) is 0 Å². The van der Waals surface area contributed by atoms with Crippen LogP contribution in [-0.2, 0) is 15.3 Å². The van der Waals surface area contributed by atoms with Crippen LogP contribution >= 0.6 is 0 Å². The van der Waals surface area contributed by atoms with Crippen LogP contribution in [0.3, 0.4) is 0 Å². The zero-order chi connectivity index (χ0) is 23.8. The van der Waals surface area contributed by atoms with E-state index >= 15 is 0 Å². The van der Waals surface area contributed by atoms with Gasteiger partial charge in [0, 0.05) is 6.26 Å². The fraction of sp³-hybridized carbons (Fsp3) is 0.182. The molecule has 10 heteroatoms. The molecular formula is C22H16F6O3S. The highest BCUT2D eigenvalue weighted by Gasteiger charge is 2.72. The summed E-state index contributed by atoms with van der Waals surface area (Å²) >= 11 is 0. The Labute approximate surface area is 180 Å². The third kappa shape index (κ3) is 4.32. The van der Waals surface area contributed by atoms with Crippen LogP contribution < -0.4 is 4.74 Å². The summed E-state index contributed by atoms with van der Waals surface area (Å²) in [6.07, 6.45) is -10.3. The van der Waals surface area contributed by atoms with Crippen molar-refractivity contribution in [2.45, 2.75) is 22.7 Å². The van der Waals surface area contributed by atoms with E-state index < -0.39 is 38.7 Å². The first kappa shape index (κ1) is 23.6. The first-order valence-corrected chi connectivity index (χ1v) is 10.9. The largest absolute Gasteiger partial charge is 0.457 e. The van der Waals surface area contributed by atoms with E-state index in [0.717, 1.165) is 42.7 Å². The Morgan fingerprint density at radius 1 is 0.625 bits per heavy atom. The van der Waals surface area contributed by atoms with Crippen LogP contribution in [-0.4, -0.2) is 27.0 Å². The molecule has 0 aromatic heterocycles. The van der Waals surface area contributed by atoms with Gasteiger partial charge in [0.2, 0.25) is 5.41 Å². The molecule has 0 amide bonds. The predicted octanol–water partition coefficient (Wildman–Crippen LogP) is 6.29. The van der Waals surface area contributed by atoms with Crippen LogP contribution in [0.1, 0.15) is 11.1 Å². The number of hydrogen-bond donors (Lipinski definition) is 0. The lowest BCUT2D eigenvalue weighted by Gasteiger charge is -2.38. The molecule has 0 N–H and O–H groups in total. The van der Waals surface area contributed by atoms with Gasteiger partial charge in [0.15, 0.2) is 9.84 Å². The van der Waals surface area contributed by atoms with E-state index in [1.165, 1.54) is 30.3 Å². The Morgan fingerprint density at radius 3 is 1.44 bits per heavy atom. The second-order valence-electron chi connectivity index (χ2n) is 6.98. The van der Waals surface area contributed by atoms with Gasteiger partial charge in [-0.1, -0.05) is 42.5 Å². The summed E-state index contributed by atoms with van der Waals surface area (Å²) in [6, 6.07) is 13.7. The molecule has 0 unspecified atom stereocenters. The smallest absolute Gasteiger partial charge is 0.411 e. The number of ether oxygens (including phenoxy) is 1. The summed E-state index contributed by atoms with van der Waals surface area (Å²) in [6.45, 7) is 0. The van der Waals surface area contributed by atoms with Gasteiger partial charge in [-0.05, 0) is 47.5 Å². The molecule has 0 aliphatic heterocycles. The van der Waals surface area contributed by atoms with Crippen molar-refractivity contribution in [3.05, 3.63) is 90.0 Å². The summed E-state index contributed by atoms with van der Waals surface area (Å²) in [5.41, 5.74) is -6.19. The van der Waals surface area contributed by atoms with Gasteiger partial charge in [0.05, 0.1) is 4.90 Å². The van der Waals surface area contributed by atoms with Crippen molar-refractivity contribution >= 4 is 9.84 Å². The fourth-order valence-electron chi connectivity index (χ4n) is 3.33. The molecular weight excluding hydrogens is 458 g/mol. The molecule has 0 fully saturated rings. The van der Waals surface area contributed by atoms with Gasteiger partial charge in [-0.2, -0.15) is 26.3 Å². The van der Waals surface area contributed by atoms with E-state index in [0.29, 0.717) is 12.1 Å². The third-order valence-corrected chi connectivity index (χ3v) is 5.96. The molecule has 0 radical (unpaired) electrons. The third-order valence-electron chi connectivity index (χ3n) is 4.83. The molecule has 0 aliphatic carbocycles. The van der Waals surface area contributed by atoms with Crippen LogP contribution in [0.5, 0.6) is 11.5 Å². The summed E-state index contributed by atoms with van der Waals surface area (Å²) in [7, 11) is -3.44. The van der Waals surface area contributed by atoms with Crippen LogP contribution in [0.4, 0.5) is 26.3 Å². The van der Waals surface area contributed by atoms with Gasteiger partial charge in [0.1, 0.15) is 11.5 Å². The second-order valence-corrected chi connectivity index (χ2v) is 9.00. The van der Waals surface area contributed by atoms with Crippen LogP contribution in [0, 0.1) is 0 Å². The molecule has 3 aromatic rings. The molecule has 0 saturated heterocycles. The maximum absolute atomic E-state index is 14.0. The number of halogens is 6. The summed E-state index contributed by atoms with van der Waals surface area (Å²) in [5, 5.41) is 0. The Hall–Kier alpha value is -3.01. The van der Waals surface area contributed by atoms with E-state index in [1.54, 1.807) is 0 Å². The fourth-order valence-corrected chi connectivity index (χ4v) is 3.96. The Morgan fingerprint density at radius 2 is 1.03 bits per heavy atom. The van der Waals surface area contributed by atoms with Crippen molar-refractivity contribution < 1.29 is 39.5 Å². The van der Waals surface area contributed by atoms with Crippen molar-refractivity contribution in [1.82, 2.24) is 0 Å². The minimum Gasteiger partial charge on any atom is -0.457 e. The molecule has 3 aromatic carbocycles. The van der Waals surface area contributed by atoms with Crippen molar-refractivity contribution in [3.8, 4) is 11.5 Å². The van der Waals surface area contributed by atoms with Gasteiger partial charge >= 0.3 is 12.4 Å². The van der Waals surface area contributed by atoms with Crippen molar-refractivity contribution in [2.24, 2.45) is 0 Å². The van der Waals surface area contributed by atoms with Crippen LogP contribution in [0.2, 0.25) is 0 Å². The highest BCUT2D eigenvalue weighted by atomic mass is 32.2. The molecule has 0 atom stereocenters. The molecule has 0 heterocycles. The summed E-state index contributed by atoms with van der Waals surface area (Å²) in [5.74, 6) is 0.137. The van der Waals surface area contributed by atoms with Gasteiger partial charge in [0.25, 0.3) is 0 Å². The molecule has 3 nitrogen and oxygen atoms in total. The van der Waals surface area contributed by atoms with E-state index in [9.17, 15) is 34.8 Å². The van der Waals surface area contributed by atoms with Gasteiger partial charge in [-0.25, -0.2) is 8.42 Å². The quantitative estimate of drug-likeness (QED) is 0.408. The first-order valence-electron chi connectivity index (χ1n) is 9.04. The SMILES string of the molecule is CS(=O)(=O)c1ccc(Oc2ccc(C(c3ccccc3)(C(F)(F)F)C(F)(F)F)cc2)cc1. The number of rotatable bonds is 5. The minimum atomic E-state index is -5.67. The van der Waals surface area contributed by atoms with E-state index in [4.69, 9.17) is 4.74 Å². The highest BCUT2D eigenvalue weighted by molar-refractivity contribution is 7.90. The van der Waals surface area contributed by atoms with Gasteiger partial charge < -0.3 is 4.74 Å². The van der Waals surface area contributed by atoms with Crippen molar-refractivity contribution in [2.75, 3.05) is 6.26 Å². The highest BCUT2D eigenvalue weighted by Crippen LogP contribution is 2.56. The number of alkyl halides is 6. The van der Waals surface area contributed by atoms with E-state index in [2.05, 4.69) is 0 Å². The molecule has 0 bridgehead atoms. The normalized spacial score (nSPS) is 13.1. The maximum atomic E-state index is 14.0. The molecule has 0 aliphatic rings. The summed E-state index contributed by atoms with van der Waals surface area (Å²) in [4.78, 5) is 0.0307. The Bertz CT molecular complexity index is 1150. The van der Waals surface area contributed by atoms with Crippen molar-refractivity contribution in [3.63, 3.8) is 0 Å². The monoisotopic (exact) mass is 474 g/mol. The predicted molar refractivity (Wildman–Crippen MR) is 105 cm³/mol. The molecule has 0 spiro atoms. The molecule has 32 heavy (non-hydrogen) atoms. The lowest BCUT2D eigenvalue weighted by molar-refractivity contribution is -0.288. The standard InChI is InChI=1S/C22H16F6O3S/c1-32(29,30)19-13-11-18(12-14-19)31-17-9-7-16(8-10-17)20(21(23,24)25,22(26,27)28)15-5-3-2-4-6-15/h2-14H,1H3. The first-order chi connectivity index (χ1) is 14.8.